The fourth-order valence-corrected chi connectivity index (χ4v) is 1.35. The molecule has 1 rings (SSSR count). The lowest BCUT2D eigenvalue weighted by atomic mass is 10.7. The maximum absolute atomic E-state index is 11.3. The molecule has 98 valence electrons. The molecule has 0 amide bonds. The van der Waals surface area contributed by atoms with Crippen LogP contribution in [0.15, 0.2) is 18.7 Å². The van der Waals surface area contributed by atoms with Crippen LogP contribution in [0.3, 0.4) is 0 Å². The van der Waals surface area contributed by atoms with Crippen LogP contribution in [-0.4, -0.2) is 36.8 Å². The highest BCUT2D eigenvalue weighted by Crippen LogP contribution is 1.90. The Hall–Kier alpha value is -1.89. The van der Waals surface area contributed by atoms with Gasteiger partial charge in [-0.1, -0.05) is 5.92 Å². The lowest BCUT2D eigenvalue weighted by Crippen LogP contribution is -2.34. The minimum absolute atomic E-state index is 0.134. The third-order valence-electron chi connectivity index (χ3n) is 1.76. The summed E-state index contributed by atoms with van der Waals surface area (Å²) in [6.45, 7) is -0.259. The van der Waals surface area contributed by atoms with Crippen LogP contribution in [0.4, 0.5) is 4.79 Å². The Bertz CT molecular complexity index is 556. The fourth-order valence-electron chi connectivity index (χ4n) is 1.06. The molecule has 1 aromatic rings. The van der Waals surface area contributed by atoms with E-state index in [1.165, 1.54) is 23.3 Å². The van der Waals surface area contributed by atoms with Crippen LogP contribution in [0.2, 0.25) is 0 Å². The molecule has 1 N–H and O–H groups in total. The zero-order valence-electron chi connectivity index (χ0n) is 9.22. The van der Waals surface area contributed by atoms with E-state index in [2.05, 4.69) is 14.8 Å². The van der Waals surface area contributed by atoms with Crippen LogP contribution in [-0.2, 0) is 25.9 Å². The predicted octanol–water partition coefficient (Wildman–Crippen LogP) is -0.787. The maximum atomic E-state index is 11.3. The molecule has 0 aliphatic rings. The van der Waals surface area contributed by atoms with Crippen molar-refractivity contribution in [1.29, 1.82) is 0 Å². The molecule has 0 bridgehead atoms. The lowest BCUT2D eigenvalue weighted by Gasteiger charge is -1.97. The molecule has 1 heterocycles. The van der Waals surface area contributed by atoms with Crippen molar-refractivity contribution in [3.63, 3.8) is 0 Å². The number of rotatable bonds is 5. The number of imidazole rings is 1. The number of terminal acetylenes is 1. The molecule has 1 aromatic heterocycles. The molecular weight excluding hydrogens is 264 g/mol. The Morgan fingerprint density at radius 3 is 2.89 bits per heavy atom. The van der Waals surface area contributed by atoms with E-state index in [1.54, 1.807) is 0 Å². The molecule has 9 heteroatoms. The summed E-state index contributed by atoms with van der Waals surface area (Å²) in [4.78, 5) is 11.3. The summed E-state index contributed by atoms with van der Waals surface area (Å²) in [5.74, 6) is 2.15. The standard InChI is InChI=1S/C9H10N2O6S/c1-2-6-16-9(12)11-4-3-10(8-11)5-7-17-18(13,14)15/h1,3-4,8H,5-7H2/p+1. The minimum atomic E-state index is -4.45. The van der Waals surface area contributed by atoms with Gasteiger partial charge in [-0.05, 0) is 0 Å². The molecule has 0 radical (unpaired) electrons. The molecule has 0 aromatic carbocycles. The largest absolute Gasteiger partial charge is 0.512 e. The Kier molecular flexibility index (Phi) is 4.85. The van der Waals surface area contributed by atoms with E-state index in [9.17, 15) is 13.2 Å². The highest BCUT2D eigenvalue weighted by molar-refractivity contribution is 7.80. The fraction of sp³-hybridized carbons (Fsp3) is 0.333. The van der Waals surface area contributed by atoms with E-state index in [0.717, 1.165) is 4.57 Å². The first kappa shape index (κ1) is 14.2. The van der Waals surface area contributed by atoms with Gasteiger partial charge in [0, 0.05) is 0 Å². The van der Waals surface area contributed by atoms with Gasteiger partial charge in [-0.3, -0.25) is 4.55 Å². The van der Waals surface area contributed by atoms with Gasteiger partial charge in [0.05, 0.1) is 0 Å². The normalized spacial score (nSPS) is 10.9. The monoisotopic (exact) mass is 275 g/mol. The molecular formula is C9H11N2O6S+. The number of aromatic nitrogens is 2. The molecule has 8 nitrogen and oxygen atoms in total. The number of hydrogen-bond donors (Lipinski definition) is 1. The Morgan fingerprint density at radius 1 is 1.56 bits per heavy atom. The smallest absolute Gasteiger partial charge is 0.418 e. The molecule has 0 unspecified atom stereocenters. The third-order valence-corrected chi connectivity index (χ3v) is 2.23. The van der Waals surface area contributed by atoms with E-state index < -0.39 is 16.5 Å². The molecule has 0 aliphatic heterocycles. The second-order valence-corrected chi connectivity index (χ2v) is 4.16. The molecule has 0 saturated carbocycles. The summed E-state index contributed by atoms with van der Waals surface area (Å²) < 4.78 is 40.3. The van der Waals surface area contributed by atoms with Crippen LogP contribution in [0.25, 0.3) is 0 Å². The number of carbonyl (C=O) groups excluding carboxylic acids is 1. The third kappa shape index (κ3) is 4.96. The van der Waals surface area contributed by atoms with Crippen molar-refractivity contribution in [1.82, 2.24) is 4.57 Å². The zero-order valence-corrected chi connectivity index (χ0v) is 10.0. The van der Waals surface area contributed by atoms with E-state index >= 15 is 0 Å². The van der Waals surface area contributed by atoms with Gasteiger partial charge >= 0.3 is 16.5 Å². The average molecular weight is 275 g/mol. The lowest BCUT2D eigenvalue weighted by molar-refractivity contribution is -0.696. The number of nitrogens with zero attached hydrogens (tertiary/aromatic N) is 2. The van der Waals surface area contributed by atoms with Gasteiger partial charge in [0.1, 0.15) is 25.5 Å². The first-order chi connectivity index (χ1) is 8.42. The van der Waals surface area contributed by atoms with Crippen LogP contribution < -0.4 is 4.57 Å². The first-order valence-electron chi connectivity index (χ1n) is 4.72. The Balaban J connectivity index is 2.49. The summed E-state index contributed by atoms with van der Waals surface area (Å²) >= 11 is 0. The zero-order chi connectivity index (χ0) is 13.6. The SMILES string of the molecule is C#CCOC(=O)n1cc[n+](CCOS(=O)(=O)O)c1. The second kappa shape index (κ2) is 6.15. The average Bonchev–Trinajstić information content (AvgIpc) is 2.73. The number of ether oxygens (including phenoxy) is 1. The molecule has 0 atom stereocenters. The van der Waals surface area contributed by atoms with Gasteiger partial charge in [0.2, 0.25) is 0 Å². The molecule has 18 heavy (non-hydrogen) atoms. The summed E-state index contributed by atoms with van der Waals surface area (Å²) in [6.07, 6.45) is 8.56. The summed E-state index contributed by atoms with van der Waals surface area (Å²) in [5, 5.41) is 0. The molecule has 0 spiro atoms. The van der Waals surface area contributed by atoms with E-state index in [0.29, 0.717) is 0 Å². The second-order valence-electron chi connectivity index (χ2n) is 3.07. The van der Waals surface area contributed by atoms with Gasteiger partial charge in [-0.15, -0.1) is 11.0 Å². The van der Waals surface area contributed by atoms with Crippen molar-refractivity contribution in [3.8, 4) is 12.3 Å². The quantitative estimate of drug-likeness (QED) is 0.429. The summed E-state index contributed by atoms with van der Waals surface area (Å²) in [7, 11) is -4.45. The Morgan fingerprint density at radius 2 is 2.28 bits per heavy atom. The summed E-state index contributed by atoms with van der Waals surface area (Å²) in [5.41, 5.74) is 0. The van der Waals surface area contributed by atoms with Crippen LogP contribution >= 0.6 is 0 Å². The van der Waals surface area contributed by atoms with Gasteiger partial charge < -0.3 is 4.74 Å². The number of carbonyl (C=O) groups is 1. The molecule has 0 aliphatic carbocycles. The van der Waals surface area contributed by atoms with Crippen LogP contribution in [0, 0.1) is 12.3 Å². The van der Waals surface area contributed by atoms with Crippen molar-refractivity contribution in [3.05, 3.63) is 18.7 Å². The van der Waals surface area contributed by atoms with E-state index in [1.807, 2.05) is 0 Å². The first-order valence-corrected chi connectivity index (χ1v) is 6.08. The van der Waals surface area contributed by atoms with Crippen LogP contribution in [0.1, 0.15) is 0 Å². The van der Waals surface area contributed by atoms with Crippen molar-refractivity contribution in [2.45, 2.75) is 6.54 Å². The van der Waals surface area contributed by atoms with Gasteiger partial charge in [-0.25, -0.2) is 8.75 Å². The summed E-state index contributed by atoms with van der Waals surface area (Å²) in [6, 6.07) is 0. The van der Waals surface area contributed by atoms with E-state index in [4.69, 9.17) is 11.0 Å². The molecule has 0 saturated heterocycles. The predicted molar refractivity (Wildman–Crippen MR) is 57.7 cm³/mol. The molecule has 0 fully saturated rings. The number of hydrogen-bond acceptors (Lipinski definition) is 5. The van der Waals surface area contributed by atoms with Crippen molar-refractivity contribution in [2.75, 3.05) is 13.2 Å². The Labute approximate surface area is 104 Å². The minimum Gasteiger partial charge on any atom is -0.418 e. The maximum Gasteiger partial charge on any atom is 0.512 e. The highest BCUT2D eigenvalue weighted by Gasteiger charge is 2.14. The van der Waals surface area contributed by atoms with Crippen molar-refractivity contribution >= 4 is 16.5 Å². The van der Waals surface area contributed by atoms with Crippen molar-refractivity contribution in [2.24, 2.45) is 0 Å². The topological polar surface area (TPSA) is 98.7 Å². The van der Waals surface area contributed by atoms with E-state index in [-0.39, 0.29) is 19.8 Å². The van der Waals surface area contributed by atoms with Crippen LogP contribution in [0.5, 0.6) is 0 Å². The van der Waals surface area contributed by atoms with Gasteiger partial charge in [0.15, 0.2) is 6.61 Å². The van der Waals surface area contributed by atoms with Gasteiger partial charge in [-0.2, -0.15) is 13.2 Å². The highest BCUT2D eigenvalue weighted by atomic mass is 32.3. The van der Waals surface area contributed by atoms with Gasteiger partial charge in [0.25, 0.3) is 6.33 Å². The van der Waals surface area contributed by atoms with Crippen molar-refractivity contribution < 1.29 is 31.3 Å².